The van der Waals surface area contributed by atoms with Gasteiger partial charge in [0.2, 0.25) is 0 Å². The molecular formula is C8H20N4OS. The summed E-state index contributed by atoms with van der Waals surface area (Å²) in [5.41, 5.74) is 5.33. The first kappa shape index (κ1) is 13.7. The van der Waals surface area contributed by atoms with E-state index < -0.39 is 6.23 Å². The van der Waals surface area contributed by atoms with Crippen LogP contribution in [0.3, 0.4) is 0 Å². The number of hydrazine groups is 1. The molecular weight excluding hydrogens is 200 g/mol. The average molecular weight is 220 g/mol. The maximum Gasteiger partial charge on any atom is 0.136 e. The van der Waals surface area contributed by atoms with Gasteiger partial charge in [0.05, 0.1) is 0 Å². The Hall–Kier alpha value is -0.270. The first-order valence-corrected chi connectivity index (χ1v) is 5.60. The van der Waals surface area contributed by atoms with Crippen LogP contribution in [0.2, 0.25) is 0 Å². The predicted molar refractivity (Wildman–Crippen MR) is 60.7 cm³/mol. The number of rotatable bonds is 4. The molecule has 0 aliphatic carbocycles. The van der Waals surface area contributed by atoms with Gasteiger partial charge in [-0.25, -0.2) is 10.6 Å². The summed E-state index contributed by atoms with van der Waals surface area (Å²) in [4.78, 5) is 0. The Bertz CT molecular complexity index is 177. The molecule has 14 heavy (non-hydrogen) atoms. The highest BCUT2D eigenvalue weighted by Gasteiger charge is 2.15. The van der Waals surface area contributed by atoms with Crippen LogP contribution in [0.15, 0.2) is 11.1 Å². The Morgan fingerprint density at radius 1 is 1.64 bits per heavy atom. The van der Waals surface area contributed by atoms with Crippen LogP contribution < -0.4 is 16.3 Å². The van der Waals surface area contributed by atoms with Gasteiger partial charge in [0.1, 0.15) is 11.3 Å². The number of nitrogens with zero attached hydrogens (tertiary/aromatic N) is 1. The molecule has 1 unspecified atom stereocenters. The Morgan fingerprint density at radius 2 is 2.29 bits per heavy atom. The second kappa shape index (κ2) is 8.07. The van der Waals surface area contributed by atoms with Crippen molar-refractivity contribution in [1.29, 1.82) is 0 Å². The highest BCUT2D eigenvalue weighted by Crippen LogP contribution is 2.21. The van der Waals surface area contributed by atoms with Crippen molar-refractivity contribution in [2.24, 2.45) is 11.6 Å². The van der Waals surface area contributed by atoms with E-state index in [1.165, 1.54) is 11.9 Å². The van der Waals surface area contributed by atoms with Crippen molar-refractivity contribution in [3.8, 4) is 0 Å². The van der Waals surface area contributed by atoms with E-state index in [9.17, 15) is 0 Å². The molecule has 0 aromatic heterocycles. The van der Waals surface area contributed by atoms with Crippen molar-refractivity contribution in [2.75, 3.05) is 13.1 Å². The Labute approximate surface area is 89.6 Å². The second-order valence-electron chi connectivity index (χ2n) is 2.51. The minimum atomic E-state index is -0.589. The van der Waals surface area contributed by atoms with Crippen molar-refractivity contribution in [1.82, 2.24) is 9.73 Å². The zero-order valence-electron chi connectivity index (χ0n) is 8.73. The molecule has 1 aliphatic rings. The first-order valence-electron chi connectivity index (χ1n) is 4.78. The van der Waals surface area contributed by atoms with Gasteiger partial charge < -0.3 is 15.8 Å². The van der Waals surface area contributed by atoms with E-state index in [1.807, 2.05) is 13.8 Å². The summed E-state index contributed by atoms with van der Waals surface area (Å²) in [5.74, 6) is 5.66. The number of hydrogen-bond acceptors (Lipinski definition) is 6. The van der Waals surface area contributed by atoms with E-state index in [2.05, 4.69) is 4.72 Å². The standard InChI is InChI=1S/C6H14N4OS.C2H6/c7-2-1-3-10(8)6-4-5(11)9-12-6;1-2/h4-5,9,11H,1-3,7-8H2;1-2H3. The number of nitrogens with two attached hydrogens (primary N) is 2. The Morgan fingerprint density at radius 3 is 2.71 bits per heavy atom. The minimum Gasteiger partial charge on any atom is -0.374 e. The molecule has 0 aromatic carbocycles. The van der Waals surface area contributed by atoms with Crippen LogP contribution in [0.4, 0.5) is 0 Å². The van der Waals surface area contributed by atoms with E-state index in [4.69, 9.17) is 16.7 Å². The third-order valence-corrected chi connectivity index (χ3v) is 2.41. The van der Waals surface area contributed by atoms with E-state index in [1.54, 1.807) is 11.1 Å². The van der Waals surface area contributed by atoms with Crippen molar-refractivity contribution in [3.05, 3.63) is 11.1 Å². The molecule has 0 bridgehead atoms. The molecule has 84 valence electrons. The average Bonchev–Trinajstić information content (AvgIpc) is 2.64. The zero-order valence-corrected chi connectivity index (χ0v) is 9.55. The van der Waals surface area contributed by atoms with Gasteiger partial charge in [-0.2, -0.15) is 0 Å². The largest absolute Gasteiger partial charge is 0.374 e. The smallest absolute Gasteiger partial charge is 0.136 e. The third kappa shape index (κ3) is 4.83. The van der Waals surface area contributed by atoms with Crippen LogP contribution in [0.25, 0.3) is 0 Å². The number of aliphatic hydroxyl groups excluding tert-OH is 1. The fraction of sp³-hybridized carbons (Fsp3) is 0.750. The maximum atomic E-state index is 9.06. The monoisotopic (exact) mass is 220 g/mol. The molecule has 0 aromatic rings. The Kier molecular flexibility index (Phi) is 7.92. The lowest BCUT2D eigenvalue weighted by Crippen LogP contribution is -2.30. The summed E-state index contributed by atoms with van der Waals surface area (Å²) >= 11 is 1.33. The molecule has 6 N–H and O–H groups in total. The van der Waals surface area contributed by atoms with E-state index >= 15 is 0 Å². The van der Waals surface area contributed by atoms with Gasteiger partial charge in [0.15, 0.2) is 0 Å². The summed E-state index contributed by atoms with van der Waals surface area (Å²) < 4.78 is 2.75. The topological polar surface area (TPSA) is 87.5 Å². The lowest BCUT2D eigenvalue weighted by Gasteiger charge is -2.17. The summed E-state index contributed by atoms with van der Waals surface area (Å²) in [5, 5.41) is 11.5. The van der Waals surface area contributed by atoms with Gasteiger partial charge in [-0.1, -0.05) is 13.8 Å². The van der Waals surface area contributed by atoms with Crippen LogP contribution in [-0.2, 0) is 0 Å². The molecule has 1 aliphatic heterocycles. The SMILES string of the molecule is CC.NCCCN(N)C1=CC(O)NS1. The summed E-state index contributed by atoms with van der Waals surface area (Å²) in [6.45, 7) is 5.34. The van der Waals surface area contributed by atoms with Gasteiger partial charge in [-0.15, -0.1) is 0 Å². The second-order valence-corrected chi connectivity index (χ2v) is 3.36. The molecule has 0 fully saturated rings. The van der Waals surface area contributed by atoms with Crippen LogP contribution in [0.5, 0.6) is 0 Å². The molecule has 0 radical (unpaired) electrons. The molecule has 0 saturated carbocycles. The van der Waals surface area contributed by atoms with Crippen molar-refractivity contribution >= 4 is 11.9 Å². The molecule has 0 saturated heterocycles. The molecule has 1 rings (SSSR count). The highest BCUT2D eigenvalue weighted by molar-refractivity contribution is 8.01. The lowest BCUT2D eigenvalue weighted by atomic mass is 10.4. The third-order valence-electron chi connectivity index (χ3n) is 1.47. The quantitative estimate of drug-likeness (QED) is 0.302. The Balaban J connectivity index is 0.000000791. The van der Waals surface area contributed by atoms with Gasteiger partial charge >= 0.3 is 0 Å². The van der Waals surface area contributed by atoms with E-state index in [-0.39, 0.29) is 0 Å². The fourth-order valence-electron chi connectivity index (χ4n) is 0.850. The summed E-state index contributed by atoms with van der Waals surface area (Å²) in [7, 11) is 0. The zero-order chi connectivity index (χ0) is 11.0. The van der Waals surface area contributed by atoms with Gasteiger partial charge in [-0.05, 0) is 31.0 Å². The van der Waals surface area contributed by atoms with E-state index in [0.717, 1.165) is 11.4 Å². The molecule has 1 heterocycles. The van der Waals surface area contributed by atoms with Crippen LogP contribution in [0, 0.1) is 0 Å². The van der Waals surface area contributed by atoms with Gasteiger partial charge in [-0.3, -0.25) is 0 Å². The van der Waals surface area contributed by atoms with Crippen molar-refractivity contribution < 1.29 is 5.11 Å². The fourth-order valence-corrected chi connectivity index (χ4v) is 1.57. The normalized spacial score (nSPS) is 19.8. The molecule has 0 spiro atoms. The summed E-state index contributed by atoms with van der Waals surface area (Å²) in [6, 6.07) is 0. The highest BCUT2D eigenvalue weighted by atomic mass is 32.2. The van der Waals surface area contributed by atoms with Crippen LogP contribution >= 0.6 is 11.9 Å². The summed E-state index contributed by atoms with van der Waals surface area (Å²) in [6.07, 6.45) is 1.93. The van der Waals surface area contributed by atoms with Gasteiger partial charge in [0, 0.05) is 6.54 Å². The number of aliphatic hydroxyl groups is 1. The van der Waals surface area contributed by atoms with Crippen LogP contribution in [-0.4, -0.2) is 29.4 Å². The number of hydrogen-bond donors (Lipinski definition) is 4. The van der Waals surface area contributed by atoms with Crippen molar-refractivity contribution in [2.45, 2.75) is 26.5 Å². The minimum absolute atomic E-state index is 0.589. The first-order chi connectivity index (χ1) is 6.74. The molecule has 6 heteroatoms. The predicted octanol–water partition coefficient (Wildman–Crippen LogP) is -0.0517. The molecule has 0 amide bonds. The molecule has 5 nitrogen and oxygen atoms in total. The van der Waals surface area contributed by atoms with E-state index in [0.29, 0.717) is 13.1 Å². The lowest BCUT2D eigenvalue weighted by molar-refractivity contribution is 0.218. The van der Waals surface area contributed by atoms with Gasteiger partial charge in [0.25, 0.3) is 0 Å². The molecule has 1 atom stereocenters. The van der Waals surface area contributed by atoms with Crippen LogP contribution in [0.1, 0.15) is 20.3 Å². The van der Waals surface area contributed by atoms with Crippen molar-refractivity contribution in [3.63, 3.8) is 0 Å². The maximum absolute atomic E-state index is 9.06. The number of nitrogens with one attached hydrogen (secondary N) is 1.